The van der Waals surface area contributed by atoms with E-state index in [0.717, 1.165) is 28.6 Å². The summed E-state index contributed by atoms with van der Waals surface area (Å²) in [6, 6.07) is 12.8. The van der Waals surface area contributed by atoms with Crippen LogP contribution in [0.5, 0.6) is 0 Å². The van der Waals surface area contributed by atoms with Crippen LogP contribution in [-0.4, -0.2) is 21.0 Å². The van der Waals surface area contributed by atoms with Gasteiger partial charge in [-0.25, -0.2) is 0 Å². The van der Waals surface area contributed by atoms with Crippen molar-refractivity contribution in [3.8, 4) is 0 Å². The van der Waals surface area contributed by atoms with Crippen LogP contribution >= 0.6 is 0 Å². The maximum absolute atomic E-state index is 13.2. The van der Waals surface area contributed by atoms with E-state index in [4.69, 9.17) is 5.73 Å². The molecule has 5 rings (SSSR count). The van der Waals surface area contributed by atoms with Crippen LogP contribution < -0.4 is 57.1 Å². The van der Waals surface area contributed by atoms with E-state index in [-0.39, 0.29) is 64.7 Å². The molecule has 30 heavy (non-hydrogen) atoms. The number of benzene rings is 2. The molecule has 2 aliphatic rings. The maximum atomic E-state index is 13.2. The van der Waals surface area contributed by atoms with Crippen LogP contribution in [0.3, 0.4) is 0 Å². The molecule has 152 valence electrons. The Morgan fingerprint density at radius 1 is 1.20 bits per heavy atom. The average molecular weight is 428 g/mol. The number of nitrogens with two attached hydrogens (primary N) is 1. The zero-order chi connectivity index (χ0) is 19.1. The summed E-state index contributed by atoms with van der Waals surface area (Å²) < 4.78 is 0. The van der Waals surface area contributed by atoms with Gasteiger partial charge in [-0.1, -0.05) is 32.1 Å². The summed E-state index contributed by atoms with van der Waals surface area (Å²) in [6.07, 6.45) is 7.56. The van der Waals surface area contributed by atoms with Gasteiger partial charge < -0.3 is 18.1 Å². The summed E-state index contributed by atoms with van der Waals surface area (Å²) >= 11 is 0. The molecular formula is C24H28KN4O-. The Morgan fingerprint density at radius 2 is 1.97 bits per heavy atom. The monoisotopic (exact) mass is 427 g/mol. The molecule has 6 heteroatoms. The van der Waals surface area contributed by atoms with Crippen molar-refractivity contribution in [3.63, 3.8) is 0 Å². The van der Waals surface area contributed by atoms with E-state index in [1.54, 1.807) is 0 Å². The third-order valence-electron chi connectivity index (χ3n) is 6.31. The van der Waals surface area contributed by atoms with Crippen LogP contribution in [0.1, 0.15) is 59.3 Å². The molecule has 0 spiro atoms. The van der Waals surface area contributed by atoms with Crippen LogP contribution in [0.25, 0.3) is 10.9 Å². The molecule has 3 aromatic rings. The largest absolute Gasteiger partial charge is 1.00 e. The second-order valence-corrected chi connectivity index (χ2v) is 8.22. The van der Waals surface area contributed by atoms with Crippen LogP contribution in [-0.2, 0) is 19.5 Å². The molecule has 3 N–H and O–H groups in total. The second kappa shape index (κ2) is 9.96. The minimum atomic E-state index is -0.0135. The summed E-state index contributed by atoms with van der Waals surface area (Å²) in [6.45, 7) is 1.24. The number of hydrogen-bond acceptors (Lipinski definition) is 3. The minimum Gasteiger partial charge on any atom is -0.398 e. The summed E-state index contributed by atoms with van der Waals surface area (Å²) in [5, 5.41) is 8.68. The molecule has 0 saturated heterocycles. The van der Waals surface area contributed by atoms with E-state index < -0.39 is 0 Å². The van der Waals surface area contributed by atoms with E-state index in [9.17, 15) is 4.79 Å². The quantitative estimate of drug-likeness (QED) is 0.379. The molecule has 2 heterocycles. The first-order valence-corrected chi connectivity index (χ1v) is 10.2. The van der Waals surface area contributed by atoms with E-state index in [1.165, 1.54) is 37.7 Å². The van der Waals surface area contributed by atoms with Crippen LogP contribution in [0.2, 0.25) is 0 Å². The van der Waals surface area contributed by atoms with Crippen molar-refractivity contribution < 1.29 is 56.2 Å². The van der Waals surface area contributed by atoms with Crippen molar-refractivity contribution >= 4 is 22.5 Å². The number of hydrogen-bond donors (Lipinski definition) is 2. The van der Waals surface area contributed by atoms with Gasteiger partial charge in [0, 0.05) is 29.9 Å². The van der Waals surface area contributed by atoms with Gasteiger partial charge in [0.2, 0.25) is 0 Å². The summed E-state index contributed by atoms with van der Waals surface area (Å²) in [5.74, 6) is 0.693. The number of carbonyl (C=O) groups is 1. The fourth-order valence-electron chi connectivity index (χ4n) is 4.73. The number of rotatable bonds is 3. The number of amides is 1. The average Bonchev–Trinajstić information content (AvgIpc) is 3.32. The molecule has 1 fully saturated rings. The number of aromatic amines is 1. The van der Waals surface area contributed by atoms with Crippen LogP contribution in [0, 0.1) is 19.4 Å². The van der Waals surface area contributed by atoms with Crippen molar-refractivity contribution in [1.82, 2.24) is 15.1 Å². The zero-order valence-corrected chi connectivity index (χ0v) is 21.1. The number of nitrogens with zero attached hydrogens (tertiary/aromatic N) is 2. The van der Waals surface area contributed by atoms with Gasteiger partial charge in [-0.3, -0.25) is 9.89 Å². The van der Waals surface area contributed by atoms with E-state index >= 15 is 0 Å². The molecule has 0 radical (unpaired) electrons. The first kappa shape index (κ1) is 23.5. The van der Waals surface area contributed by atoms with Crippen molar-refractivity contribution in [1.29, 1.82) is 0 Å². The Balaban J connectivity index is 0.00000128. The molecule has 0 atom stereocenters. The van der Waals surface area contributed by atoms with Crippen molar-refractivity contribution in [2.45, 2.75) is 51.6 Å². The standard InChI is InChI=1S/C23H25N4O.CH3.K/c24-20-12-22-19(21(25-26-22)10-15-6-2-1-3-7-15)11-18(20)23(28)27-13-16-8-4-5-9-17(16)14-27;;/h4,8-9,11-12,15H,1-3,6-7,10,13-14,24H2,(H,25,26);1H3;/q2*-1;+1. The predicted octanol–water partition coefficient (Wildman–Crippen LogP) is 1.68. The number of anilines is 1. The van der Waals surface area contributed by atoms with Gasteiger partial charge in [-0.2, -0.15) is 29.4 Å². The Morgan fingerprint density at radius 3 is 2.73 bits per heavy atom. The molecule has 5 nitrogen and oxygen atoms in total. The first-order chi connectivity index (χ1) is 13.7. The summed E-state index contributed by atoms with van der Waals surface area (Å²) in [4.78, 5) is 15.1. The van der Waals surface area contributed by atoms with E-state index in [0.29, 0.717) is 30.3 Å². The number of carbonyl (C=O) groups excluding carboxylic acids is 1. The van der Waals surface area contributed by atoms with E-state index in [2.05, 4.69) is 16.3 Å². The third-order valence-corrected chi connectivity index (χ3v) is 6.31. The van der Waals surface area contributed by atoms with Crippen molar-refractivity contribution in [2.75, 3.05) is 5.73 Å². The molecule has 0 bridgehead atoms. The summed E-state index contributed by atoms with van der Waals surface area (Å²) in [7, 11) is 0. The van der Waals surface area contributed by atoms with Gasteiger partial charge >= 0.3 is 51.4 Å². The molecule has 1 aliphatic heterocycles. The smallest absolute Gasteiger partial charge is 0.398 e. The Labute approximate surface area is 221 Å². The van der Waals surface area contributed by atoms with Gasteiger partial charge in [0.15, 0.2) is 0 Å². The van der Waals surface area contributed by atoms with Crippen LogP contribution in [0.4, 0.5) is 5.69 Å². The van der Waals surface area contributed by atoms with E-state index in [1.807, 2.05) is 35.2 Å². The number of nitrogen functional groups attached to an aromatic ring is 1. The second-order valence-electron chi connectivity index (χ2n) is 8.22. The topological polar surface area (TPSA) is 75.0 Å². The van der Waals surface area contributed by atoms with Crippen molar-refractivity contribution in [3.05, 3.63) is 66.2 Å². The molecule has 2 aromatic carbocycles. The maximum Gasteiger partial charge on any atom is 1.00 e. The summed E-state index contributed by atoms with van der Waals surface area (Å²) in [5.41, 5.74) is 11.7. The van der Waals surface area contributed by atoms with Crippen LogP contribution in [0.15, 0.2) is 30.3 Å². The fourth-order valence-corrected chi connectivity index (χ4v) is 4.73. The fraction of sp³-hybridized carbons (Fsp3) is 0.375. The number of aromatic nitrogens is 2. The third kappa shape index (κ3) is 4.53. The van der Waals surface area contributed by atoms with Gasteiger partial charge in [0.25, 0.3) is 5.91 Å². The minimum absolute atomic E-state index is 0. The molecule has 1 amide bonds. The SMILES string of the molecule is Nc1cc2n[nH]c(CC3CCCCC3)c2cc1C(=O)N1Cc2c[c-]ccc2C1.[CH3-].[K+]. The number of H-pyrrole nitrogens is 1. The van der Waals surface area contributed by atoms with Gasteiger partial charge in [-0.15, -0.1) is 11.1 Å². The van der Waals surface area contributed by atoms with Crippen molar-refractivity contribution in [2.24, 2.45) is 5.92 Å². The van der Waals surface area contributed by atoms with Gasteiger partial charge in [0.1, 0.15) is 0 Å². The Bertz CT molecular complexity index is 1010. The molecule has 1 aliphatic carbocycles. The zero-order valence-electron chi connectivity index (χ0n) is 18.0. The number of fused-ring (bicyclic) bond motifs is 2. The first-order valence-electron chi connectivity index (χ1n) is 10.2. The normalized spacial score (nSPS) is 16.1. The molecule has 0 unspecified atom stereocenters. The Hall–Kier alpha value is -1.18. The van der Waals surface area contributed by atoms with Gasteiger partial charge in [-0.05, 0) is 24.5 Å². The molecule has 1 saturated carbocycles. The predicted molar refractivity (Wildman–Crippen MR) is 116 cm³/mol. The molecular weight excluding hydrogens is 399 g/mol. The number of nitrogens with one attached hydrogen (secondary N) is 1. The Kier molecular flexibility index (Phi) is 7.79. The van der Waals surface area contributed by atoms with Gasteiger partial charge in [0.05, 0.1) is 11.1 Å². The molecule has 1 aromatic heterocycles.